The number of nitrogens with zero attached hydrogens (tertiary/aromatic N) is 2. The lowest BCUT2D eigenvalue weighted by Gasteiger charge is -2.06. The summed E-state index contributed by atoms with van der Waals surface area (Å²) in [7, 11) is 0. The summed E-state index contributed by atoms with van der Waals surface area (Å²) in [5, 5.41) is 1.99. The Morgan fingerprint density at radius 2 is 1.80 bits per heavy atom. The van der Waals surface area contributed by atoms with Crippen molar-refractivity contribution in [2.45, 2.75) is 20.8 Å². The lowest BCUT2D eigenvalue weighted by molar-refractivity contribution is 1.23. The molecule has 0 atom stereocenters. The van der Waals surface area contributed by atoms with E-state index in [1.54, 1.807) is 11.3 Å². The van der Waals surface area contributed by atoms with Crippen molar-refractivity contribution in [2.24, 2.45) is 0 Å². The van der Waals surface area contributed by atoms with E-state index in [1.165, 1.54) is 10.4 Å². The Balaban J connectivity index is 2.30. The molecule has 2 nitrogen and oxygen atoms in total. The van der Waals surface area contributed by atoms with Gasteiger partial charge in [0.05, 0.1) is 10.4 Å². The molecule has 0 saturated carbocycles. The molecule has 0 aliphatic rings. The van der Waals surface area contributed by atoms with Crippen molar-refractivity contribution in [3.63, 3.8) is 0 Å². The maximum atomic E-state index is 6.29. The molecular weight excluding hydrogens is 311 g/mol. The predicted octanol–water partition coefficient (Wildman–Crippen LogP) is 5.59. The molecule has 102 valence electrons. The van der Waals surface area contributed by atoms with Crippen LogP contribution in [0.1, 0.15) is 16.0 Å². The summed E-state index contributed by atoms with van der Waals surface area (Å²) in [5.74, 6) is 0.661. The van der Waals surface area contributed by atoms with Crippen LogP contribution in [0, 0.1) is 20.8 Å². The first kappa shape index (κ1) is 13.8. The van der Waals surface area contributed by atoms with Gasteiger partial charge in [0.15, 0.2) is 5.82 Å². The number of halogens is 2. The smallest absolute Gasteiger partial charge is 0.171 e. The highest BCUT2D eigenvalue weighted by atomic mass is 35.5. The zero-order chi connectivity index (χ0) is 14.4. The van der Waals surface area contributed by atoms with E-state index in [0.717, 1.165) is 21.3 Å². The van der Waals surface area contributed by atoms with Gasteiger partial charge < -0.3 is 0 Å². The molecule has 3 aromatic rings. The number of fused-ring (bicyclic) bond motifs is 1. The van der Waals surface area contributed by atoms with Gasteiger partial charge in [-0.25, -0.2) is 9.97 Å². The van der Waals surface area contributed by atoms with Gasteiger partial charge in [0.25, 0.3) is 0 Å². The summed E-state index contributed by atoms with van der Waals surface area (Å²) >= 11 is 14.1. The van der Waals surface area contributed by atoms with Gasteiger partial charge in [-0.05, 0) is 50.1 Å². The number of hydrogen-bond acceptors (Lipinski definition) is 3. The molecule has 2 heterocycles. The van der Waals surface area contributed by atoms with Crippen LogP contribution in [0.15, 0.2) is 18.2 Å². The lowest BCUT2D eigenvalue weighted by atomic mass is 10.1. The molecule has 20 heavy (non-hydrogen) atoms. The van der Waals surface area contributed by atoms with E-state index < -0.39 is 0 Å². The van der Waals surface area contributed by atoms with E-state index in [4.69, 9.17) is 23.2 Å². The second kappa shape index (κ2) is 4.99. The van der Waals surface area contributed by atoms with Gasteiger partial charge in [0, 0.05) is 15.3 Å². The third-order valence-corrected chi connectivity index (χ3v) is 5.24. The molecule has 0 spiro atoms. The van der Waals surface area contributed by atoms with Crippen molar-refractivity contribution in [3.05, 3.63) is 44.4 Å². The molecule has 0 unspecified atom stereocenters. The topological polar surface area (TPSA) is 25.8 Å². The zero-order valence-electron chi connectivity index (χ0n) is 11.3. The Labute approximate surface area is 131 Å². The molecule has 3 rings (SSSR count). The predicted molar refractivity (Wildman–Crippen MR) is 87.1 cm³/mol. The molecule has 0 fully saturated rings. The quantitative estimate of drug-likeness (QED) is 0.546. The van der Waals surface area contributed by atoms with E-state index in [2.05, 4.69) is 29.9 Å². The van der Waals surface area contributed by atoms with E-state index in [0.29, 0.717) is 16.0 Å². The van der Waals surface area contributed by atoms with Gasteiger partial charge in [-0.1, -0.05) is 23.2 Å². The Bertz CT molecular complexity index is 805. The SMILES string of the molecule is Cc1cc(-c2nc(Cl)c3ccc(Cl)c(C)c3n2)sc1C. The molecule has 5 heteroatoms. The molecule has 1 aromatic carbocycles. The molecule has 0 N–H and O–H groups in total. The Hall–Kier alpha value is -1.16. The average molecular weight is 323 g/mol. The molecule has 0 aliphatic carbocycles. The van der Waals surface area contributed by atoms with Crippen molar-refractivity contribution in [3.8, 4) is 10.7 Å². The van der Waals surface area contributed by atoms with Crippen molar-refractivity contribution >= 4 is 45.4 Å². The molecule has 0 radical (unpaired) electrons. The Morgan fingerprint density at radius 1 is 1.05 bits per heavy atom. The maximum Gasteiger partial charge on any atom is 0.171 e. The third-order valence-electron chi connectivity index (χ3n) is 3.40. The van der Waals surface area contributed by atoms with Crippen LogP contribution in [0.3, 0.4) is 0 Å². The Morgan fingerprint density at radius 3 is 2.45 bits per heavy atom. The normalized spacial score (nSPS) is 11.2. The van der Waals surface area contributed by atoms with Crippen LogP contribution in [-0.2, 0) is 0 Å². The van der Waals surface area contributed by atoms with Crippen LogP contribution < -0.4 is 0 Å². The average Bonchev–Trinajstić information content (AvgIpc) is 2.74. The summed E-state index contributed by atoms with van der Waals surface area (Å²) in [6.45, 7) is 6.12. The second-order valence-electron chi connectivity index (χ2n) is 4.76. The fourth-order valence-corrected chi connectivity index (χ4v) is 3.42. The van der Waals surface area contributed by atoms with Gasteiger partial charge in [-0.15, -0.1) is 11.3 Å². The molecular formula is C15H12Cl2N2S. The van der Waals surface area contributed by atoms with Crippen LogP contribution in [0.4, 0.5) is 0 Å². The standard InChI is InChI=1S/C15H12Cl2N2S/c1-7-6-12(20-9(7)3)15-18-13-8(2)11(16)5-4-10(13)14(17)19-15/h4-6H,1-3H3. The molecule has 0 amide bonds. The lowest BCUT2D eigenvalue weighted by Crippen LogP contribution is -1.93. The highest BCUT2D eigenvalue weighted by Crippen LogP contribution is 2.33. The molecule has 0 saturated heterocycles. The van der Waals surface area contributed by atoms with E-state index in [9.17, 15) is 0 Å². The van der Waals surface area contributed by atoms with Crippen LogP contribution >= 0.6 is 34.5 Å². The number of aromatic nitrogens is 2. The van der Waals surface area contributed by atoms with Crippen molar-refractivity contribution in [2.75, 3.05) is 0 Å². The number of rotatable bonds is 1. The van der Waals surface area contributed by atoms with Crippen LogP contribution in [0.25, 0.3) is 21.6 Å². The van der Waals surface area contributed by atoms with E-state index in [-0.39, 0.29) is 0 Å². The number of aryl methyl sites for hydroxylation is 3. The minimum atomic E-state index is 0.466. The highest BCUT2D eigenvalue weighted by molar-refractivity contribution is 7.15. The Kier molecular flexibility index (Phi) is 3.44. The van der Waals surface area contributed by atoms with Gasteiger partial charge in [0.1, 0.15) is 5.15 Å². The summed E-state index contributed by atoms with van der Waals surface area (Å²) < 4.78 is 0. The minimum Gasteiger partial charge on any atom is -0.227 e. The highest BCUT2D eigenvalue weighted by Gasteiger charge is 2.13. The fourth-order valence-electron chi connectivity index (χ4n) is 2.06. The monoisotopic (exact) mass is 322 g/mol. The van der Waals surface area contributed by atoms with Crippen LogP contribution in [0.2, 0.25) is 10.2 Å². The van der Waals surface area contributed by atoms with Gasteiger partial charge in [0.2, 0.25) is 0 Å². The van der Waals surface area contributed by atoms with Crippen molar-refractivity contribution in [1.82, 2.24) is 9.97 Å². The van der Waals surface area contributed by atoms with E-state index >= 15 is 0 Å². The minimum absolute atomic E-state index is 0.466. The first-order valence-corrected chi connectivity index (χ1v) is 7.74. The molecule has 0 aliphatic heterocycles. The first-order chi connectivity index (χ1) is 9.47. The number of benzene rings is 1. The first-order valence-electron chi connectivity index (χ1n) is 6.17. The number of hydrogen-bond donors (Lipinski definition) is 0. The maximum absolute atomic E-state index is 6.29. The summed E-state index contributed by atoms with van der Waals surface area (Å²) in [5.41, 5.74) is 2.99. The van der Waals surface area contributed by atoms with Gasteiger partial charge in [-0.2, -0.15) is 0 Å². The second-order valence-corrected chi connectivity index (χ2v) is 6.78. The van der Waals surface area contributed by atoms with Gasteiger partial charge >= 0.3 is 0 Å². The summed E-state index contributed by atoms with van der Waals surface area (Å²) in [4.78, 5) is 11.4. The van der Waals surface area contributed by atoms with E-state index in [1.807, 2.05) is 19.1 Å². The van der Waals surface area contributed by atoms with Crippen LogP contribution in [-0.4, -0.2) is 9.97 Å². The van der Waals surface area contributed by atoms with Crippen molar-refractivity contribution < 1.29 is 0 Å². The molecule has 0 bridgehead atoms. The van der Waals surface area contributed by atoms with Crippen LogP contribution in [0.5, 0.6) is 0 Å². The zero-order valence-corrected chi connectivity index (χ0v) is 13.6. The molecule has 2 aromatic heterocycles. The third kappa shape index (κ3) is 2.20. The van der Waals surface area contributed by atoms with Gasteiger partial charge in [-0.3, -0.25) is 0 Å². The summed E-state index contributed by atoms with van der Waals surface area (Å²) in [6.07, 6.45) is 0. The largest absolute Gasteiger partial charge is 0.227 e. The summed E-state index contributed by atoms with van der Waals surface area (Å²) in [6, 6.07) is 5.78. The fraction of sp³-hybridized carbons (Fsp3) is 0.200. The number of thiophene rings is 1. The van der Waals surface area contributed by atoms with Crippen molar-refractivity contribution in [1.29, 1.82) is 0 Å².